The minimum atomic E-state index is -0.650. The second kappa shape index (κ2) is 10.4. The van der Waals surface area contributed by atoms with Crippen molar-refractivity contribution < 1.29 is 9.59 Å². The van der Waals surface area contributed by atoms with E-state index in [1.165, 1.54) is 17.4 Å². The molecule has 2 amide bonds. The SMILES string of the molecule is O=C(NC1CCCCC1)c1cc(NC(=O)C(Cc2ccccc2)n2cnnn2)ccc1Cl. The number of tetrazole rings is 1. The fraction of sp³-hybridized carbons (Fsp3) is 0.348. The van der Waals surface area contributed by atoms with Crippen LogP contribution in [0.1, 0.15) is 54.1 Å². The van der Waals surface area contributed by atoms with Gasteiger partial charge in [0.2, 0.25) is 5.91 Å². The summed E-state index contributed by atoms with van der Waals surface area (Å²) in [5, 5.41) is 17.5. The number of nitrogens with one attached hydrogen (secondary N) is 2. The van der Waals surface area contributed by atoms with Crippen molar-refractivity contribution in [2.45, 2.75) is 50.6 Å². The fourth-order valence-electron chi connectivity index (χ4n) is 3.97. The summed E-state index contributed by atoms with van der Waals surface area (Å²) in [4.78, 5) is 25.9. The van der Waals surface area contributed by atoms with Crippen molar-refractivity contribution in [3.63, 3.8) is 0 Å². The smallest absolute Gasteiger partial charge is 0.253 e. The van der Waals surface area contributed by atoms with E-state index in [9.17, 15) is 9.59 Å². The van der Waals surface area contributed by atoms with Crippen molar-refractivity contribution in [2.75, 3.05) is 5.32 Å². The van der Waals surface area contributed by atoms with Gasteiger partial charge in [0.05, 0.1) is 10.6 Å². The van der Waals surface area contributed by atoms with Crippen LogP contribution in [0.5, 0.6) is 0 Å². The first-order valence-corrected chi connectivity index (χ1v) is 11.2. The first-order valence-electron chi connectivity index (χ1n) is 10.8. The van der Waals surface area contributed by atoms with E-state index < -0.39 is 6.04 Å². The van der Waals surface area contributed by atoms with Gasteiger partial charge in [0.1, 0.15) is 12.4 Å². The Morgan fingerprint density at radius 3 is 2.59 bits per heavy atom. The Hall–Kier alpha value is -3.26. The van der Waals surface area contributed by atoms with Gasteiger partial charge in [-0.1, -0.05) is 61.2 Å². The van der Waals surface area contributed by atoms with Gasteiger partial charge >= 0.3 is 0 Å². The Balaban J connectivity index is 1.49. The van der Waals surface area contributed by atoms with Crippen LogP contribution in [0, 0.1) is 0 Å². The van der Waals surface area contributed by atoms with E-state index in [-0.39, 0.29) is 17.9 Å². The lowest BCUT2D eigenvalue weighted by molar-refractivity contribution is -0.119. The van der Waals surface area contributed by atoms with Crippen molar-refractivity contribution in [3.8, 4) is 0 Å². The lowest BCUT2D eigenvalue weighted by Gasteiger charge is -2.23. The molecule has 1 saturated carbocycles. The van der Waals surface area contributed by atoms with Crippen LogP contribution < -0.4 is 10.6 Å². The predicted octanol–water partition coefficient (Wildman–Crippen LogP) is 3.81. The number of nitrogens with zero attached hydrogens (tertiary/aromatic N) is 4. The molecule has 166 valence electrons. The molecule has 2 aromatic carbocycles. The lowest BCUT2D eigenvalue weighted by atomic mass is 9.95. The van der Waals surface area contributed by atoms with Crippen LogP contribution in [0.2, 0.25) is 5.02 Å². The maximum absolute atomic E-state index is 13.1. The Morgan fingerprint density at radius 2 is 1.88 bits per heavy atom. The van der Waals surface area contributed by atoms with Crippen molar-refractivity contribution in [1.29, 1.82) is 0 Å². The van der Waals surface area contributed by atoms with Crippen LogP contribution in [0.15, 0.2) is 54.9 Å². The number of anilines is 1. The summed E-state index contributed by atoms with van der Waals surface area (Å²) >= 11 is 6.29. The Morgan fingerprint density at radius 1 is 1.09 bits per heavy atom. The number of aromatic nitrogens is 4. The third-order valence-electron chi connectivity index (χ3n) is 5.68. The highest BCUT2D eigenvalue weighted by Crippen LogP contribution is 2.24. The number of halogens is 1. The molecule has 1 atom stereocenters. The zero-order chi connectivity index (χ0) is 22.3. The molecule has 0 radical (unpaired) electrons. The summed E-state index contributed by atoms with van der Waals surface area (Å²) in [6, 6.07) is 14.1. The third kappa shape index (κ3) is 5.50. The number of rotatable bonds is 7. The highest BCUT2D eigenvalue weighted by molar-refractivity contribution is 6.34. The summed E-state index contributed by atoms with van der Waals surface area (Å²) in [7, 11) is 0. The minimum absolute atomic E-state index is 0.167. The summed E-state index contributed by atoms with van der Waals surface area (Å²) in [6.45, 7) is 0. The van der Waals surface area contributed by atoms with Gasteiger partial charge in [0, 0.05) is 18.2 Å². The predicted molar refractivity (Wildman–Crippen MR) is 121 cm³/mol. The molecular formula is C23H25ClN6O2. The van der Waals surface area contributed by atoms with Gasteiger partial charge in [-0.15, -0.1) is 5.10 Å². The number of carbonyl (C=O) groups is 2. The van der Waals surface area contributed by atoms with Crippen LogP contribution in [0.4, 0.5) is 5.69 Å². The van der Waals surface area contributed by atoms with E-state index in [0.29, 0.717) is 22.7 Å². The summed E-state index contributed by atoms with van der Waals surface area (Å²) in [6.07, 6.45) is 7.24. The Bertz CT molecular complexity index is 1050. The average Bonchev–Trinajstić information content (AvgIpc) is 3.34. The van der Waals surface area contributed by atoms with Gasteiger partial charge in [-0.2, -0.15) is 0 Å². The molecule has 1 aliphatic rings. The maximum atomic E-state index is 13.1. The van der Waals surface area contributed by atoms with Crippen molar-refractivity contribution in [2.24, 2.45) is 0 Å². The van der Waals surface area contributed by atoms with Gasteiger partial charge in [0.25, 0.3) is 5.91 Å². The minimum Gasteiger partial charge on any atom is -0.349 e. The van der Waals surface area contributed by atoms with Gasteiger partial charge in [0.15, 0.2) is 0 Å². The molecule has 3 aromatic rings. The Labute approximate surface area is 191 Å². The zero-order valence-electron chi connectivity index (χ0n) is 17.6. The van der Waals surface area contributed by atoms with Crippen LogP contribution in [0.25, 0.3) is 0 Å². The molecular weight excluding hydrogens is 428 g/mol. The van der Waals surface area contributed by atoms with E-state index in [4.69, 9.17) is 11.6 Å². The highest BCUT2D eigenvalue weighted by atomic mass is 35.5. The second-order valence-corrected chi connectivity index (χ2v) is 8.39. The molecule has 1 heterocycles. The van der Waals surface area contributed by atoms with E-state index in [2.05, 4.69) is 26.2 Å². The fourth-order valence-corrected chi connectivity index (χ4v) is 4.17. The molecule has 1 fully saturated rings. The third-order valence-corrected chi connectivity index (χ3v) is 6.01. The number of benzene rings is 2. The highest BCUT2D eigenvalue weighted by Gasteiger charge is 2.24. The van der Waals surface area contributed by atoms with Crippen LogP contribution in [-0.2, 0) is 11.2 Å². The molecule has 0 bridgehead atoms. The molecule has 0 spiro atoms. The van der Waals surface area contributed by atoms with E-state index in [0.717, 1.165) is 31.2 Å². The maximum Gasteiger partial charge on any atom is 0.253 e. The van der Waals surface area contributed by atoms with Crippen LogP contribution in [-0.4, -0.2) is 38.1 Å². The monoisotopic (exact) mass is 452 g/mol. The van der Waals surface area contributed by atoms with E-state index >= 15 is 0 Å². The van der Waals surface area contributed by atoms with E-state index in [1.807, 2.05) is 30.3 Å². The van der Waals surface area contributed by atoms with Crippen molar-refractivity contribution in [1.82, 2.24) is 25.5 Å². The van der Waals surface area contributed by atoms with Gasteiger partial charge in [-0.3, -0.25) is 9.59 Å². The van der Waals surface area contributed by atoms with Crippen LogP contribution in [0.3, 0.4) is 0 Å². The summed E-state index contributed by atoms with van der Waals surface area (Å²) in [5.41, 5.74) is 1.81. The second-order valence-electron chi connectivity index (χ2n) is 7.99. The topological polar surface area (TPSA) is 102 Å². The van der Waals surface area contributed by atoms with Gasteiger partial charge < -0.3 is 10.6 Å². The Kier molecular flexibility index (Phi) is 7.11. The molecule has 1 unspecified atom stereocenters. The number of hydrogen-bond donors (Lipinski definition) is 2. The van der Waals surface area contributed by atoms with Crippen molar-refractivity contribution >= 4 is 29.1 Å². The molecule has 32 heavy (non-hydrogen) atoms. The molecule has 1 aliphatic carbocycles. The molecule has 1 aromatic heterocycles. The van der Waals surface area contributed by atoms with Crippen molar-refractivity contribution in [3.05, 3.63) is 71.0 Å². The normalized spacial score (nSPS) is 15.2. The average molecular weight is 453 g/mol. The largest absolute Gasteiger partial charge is 0.349 e. The standard InChI is InChI=1S/C23H25ClN6O2/c24-20-12-11-18(14-19(20)22(31)26-17-9-5-2-6-10-17)27-23(32)21(30-15-25-28-29-30)13-16-7-3-1-4-8-16/h1,3-4,7-8,11-12,14-15,17,21H,2,5-6,9-10,13H2,(H,26,31)(H,27,32). The lowest BCUT2D eigenvalue weighted by Crippen LogP contribution is -2.36. The molecule has 9 heteroatoms. The summed E-state index contributed by atoms with van der Waals surface area (Å²) < 4.78 is 1.43. The quantitative estimate of drug-likeness (QED) is 0.567. The molecule has 4 rings (SSSR count). The zero-order valence-corrected chi connectivity index (χ0v) is 18.3. The van der Waals surface area contributed by atoms with E-state index in [1.54, 1.807) is 18.2 Å². The van der Waals surface area contributed by atoms with Gasteiger partial charge in [-0.25, -0.2) is 4.68 Å². The molecule has 0 aliphatic heterocycles. The van der Waals surface area contributed by atoms with Crippen LogP contribution >= 0.6 is 11.6 Å². The molecule has 8 nitrogen and oxygen atoms in total. The number of carbonyl (C=O) groups excluding carboxylic acids is 2. The van der Waals surface area contributed by atoms with Gasteiger partial charge in [-0.05, 0) is 47.0 Å². The molecule has 0 saturated heterocycles. The first-order chi connectivity index (χ1) is 15.6. The number of amides is 2. The molecule has 2 N–H and O–H groups in total. The number of hydrogen-bond acceptors (Lipinski definition) is 5. The first kappa shape index (κ1) is 22.0. The summed E-state index contributed by atoms with van der Waals surface area (Å²) in [5.74, 6) is -0.513.